The molecule has 0 saturated carbocycles. The minimum atomic E-state index is 0.710. The molecular formula is C12H25N3. The van der Waals surface area contributed by atoms with Gasteiger partial charge in [0.15, 0.2) is 0 Å². The van der Waals surface area contributed by atoms with Crippen molar-refractivity contribution in [1.29, 1.82) is 0 Å². The van der Waals surface area contributed by atoms with Crippen molar-refractivity contribution in [3.05, 3.63) is 0 Å². The average Bonchev–Trinajstić information content (AvgIpc) is 2.44. The van der Waals surface area contributed by atoms with E-state index in [-0.39, 0.29) is 0 Å². The molecule has 0 aromatic rings. The number of nitrogens with one attached hydrogen (secondary N) is 1. The predicted molar refractivity (Wildman–Crippen MR) is 64.2 cm³/mol. The number of rotatable bonds is 1. The lowest BCUT2D eigenvalue weighted by Gasteiger charge is -2.36. The zero-order valence-corrected chi connectivity index (χ0v) is 10.2. The van der Waals surface area contributed by atoms with Crippen LogP contribution in [0.2, 0.25) is 0 Å². The van der Waals surface area contributed by atoms with Crippen LogP contribution in [-0.4, -0.2) is 61.7 Å². The molecule has 0 aliphatic carbocycles. The number of piperidine rings is 1. The highest BCUT2D eigenvalue weighted by atomic mass is 15.2. The third kappa shape index (κ3) is 3.16. The summed E-state index contributed by atoms with van der Waals surface area (Å²) in [5.41, 5.74) is 0. The quantitative estimate of drug-likeness (QED) is 0.691. The summed E-state index contributed by atoms with van der Waals surface area (Å²) < 4.78 is 0. The van der Waals surface area contributed by atoms with Crippen molar-refractivity contribution in [2.24, 2.45) is 0 Å². The zero-order valence-electron chi connectivity index (χ0n) is 10.2. The van der Waals surface area contributed by atoms with Crippen LogP contribution in [0.4, 0.5) is 0 Å². The van der Waals surface area contributed by atoms with E-state index in [9.17, 15) is 0 Å². The van der Waals surface area contributed by atoms with E-state index in [4.69, 9.17) is 0 Å². The van der Waals surface area contributed by atoms with Crippen LogP contribution < -0.4 is 5.32 Å². The molecule has 0 aromatic carbocycles. The van der Waals surface area contributed by atoms with Crippen molar-refractivity contribution in [1.82, 2.24) is 15.1 Å². The van der Waals surface area contributed by atoms with Gasteiger partial charge in [-0.3, -0.25) is 4.90 Å². The Labute approximate surface area is 93.8 Å². The van der Waals surface area contributed by atoms with E-state index in [0.29, 0.717) is 6.04 Å². The summed E-state index contributed by atoms with van der Waals surface area (Å²) in [4.78, 5) is 5.17. The van der Waals surface area contributed by atoms with Crippen LogP contribution in [0.25, 0.3) is 0 Å². The summed E-state index contributed by atoms with van der Waals surface area (Å²) in [6.45, 7) is 8.58. The molecule has 0 radical (unpaired) electrons. The fraction of sp³-hybridized carbons (Fsp3) is 1.00. The smallest absolute Gasteiger partial charge is 0.0120 e. The fourth-order valence-corrected chi connectivity index (χ4v) is 2.75. The van der Waals surface area contributed by atoms with E-state index in [2.05, 4.69) is 29.1 Å². The van der Waals surface area contributed by atoms with Gasteiger partial charge in [0.2, 0.25) is 0 Å². The van der Waals surface area contributed by atoms with Gasteiger partial charge in [0.1, 0.15) is 0 Å². The Bertz CT molecular complexity index is 187. The van der Waals surface area contributed by atoms with Crippen molar-refractivity contribution in [2.45, 2.75) is 38.3 Å². The Morgan fingerprint density at radius 2 is 1.73 bits per heavy atom. The van der Waals surface area contributed by atoms with Gasteiger partial charge in [-0.1, -0.05) is 0 Å². The van der Waals surface area contributed by atoms with E-state index < -0.39 is 0 Å². The zero-order chi connectivity index (χ0) is 10.7. The molecule has 2 rings (SSSR count). The highest BCUT2D eigenvalue weighted by Gasteiger charge is 2.24. The van der Waals surface area contributed by atoms with E-state index >= 15 is 0 Å². The second-order valence-corrected chi connectivity index (χ2v) is 5.21. The van der Waals surface area contributed by atoms with Crippen LogP contribution in [0.5, 0.6) is 0 Å². The topological polar surface area (TPSA) is 18.5 Å². The normalized spacial score (nSPS) is 32.8. The Morgan fingerprint density at radius 1 is 1.00 bits per heavy atom. The maximum absolute atomic E-state index is 3.57. The molecule has 3 nitrogen and oxygen atoms in total. The first-order chi connectivity index (χ1) is 7.25. The monoisotopic (exact) mass is 211 g/mol. The molecule has 1 N–H and O–H groups in total. The highest BCUT2D eigenvalue weighted by Crippen LogP contribution is 2.16. The van der Waals surface area contributed by atoms with Gasteiger partial charge in [-0.25, -0.2) is 0 Å². The molecule has 15 heavy (non-hydrogen) atoms. The Hall–Kier alpha value is -0.120. The molecule has 0 amide bonds. The van der Waals surface area contributed by atoms with Crippen molar-refractivity contribution < 1.29 is 0 Å². The summed E-state index contributed by atoms with van der Waals surface area (Å²) in [6, 6.07) is 1.56. The molecule has 2 aliphatic rings. The van der Waals surface area contributed by atoms with Crippen molar-refractivity contribution in [3.8, 4) is 0 Å². The van der Waals surface area contributed by atoms with Gasteiger partial charge in [0.05, 0.1) is 0 Å². The molecule has 0 spiro atoms. The van der Waals surface area contributed by atoms with Gasteiger partial charge in [-0.15, -0.1) is 0 Å². The van der Waals surface area contributed by atoms with Crippen LogP contribution in [0.15, 0.2) is 0 Å². The predicted octanol–water partition coefficient (Wildman–Crippen LogP) is 0.764. The summed E-state index contributed by atoms with van der Waals surface area (Å²) >= 11 is 0. The molecular weight excluding hydrogens is 186 g/mol. The third-order valence-electron chi connectivity index (χ3n) is 3.95. The van der Waals surface area contributed by atoms with Crippen LogP contribution in [0, 0.1) is 0 Å². The maximum Gasteiger partial charge on any atom is 0.0120 e. The van der Waals surface area contributed by atoms with Crippen molar-refractivity contribution >= 4 is 0 Å². The SMILES string of the molecule is CC1CCN(C2CCN(C)CC2)CCN1. The van der Waals surface area contributed by atoms with Crippen LogP contribution in [0.3, 0.4) is 0 Å². The van der Waals surface area contributed by atoms with Crippen molar-refractivity contribution in [3.63, 3.8) is 0 Å². The van der Waals surface area contributed by atoms with Crippen molar-refractivity contribution in [2.75, 3.05) is 39.8 Å². The molecule has 2 heterocycles. The lowest BCUT2D eigenvalue weighted by molar-refractivity contribution is 0.126. The molecule has 2 saturated heterocycles. The molecule has 3 heteroatoms. The maximum atomic E-state index is 3.57. The first-order valence-electron chi connectivity index (χ1n) is 6.41. The second kappa shape index (κ2) is 5.28. The van der Waals surface area contributed by atoms with E-state index in [0.717, 1.165) is 6.04 Å². The summed E-state index contributed by atoms with van der Waals surface area (Å²) in [6.07, 6.45) is 4.04. The average molecular weight is 211 g/mol. The summed E-state index contributed by atoms with van der Waals surface area (Å²) in [5, 5.41) is 3.57. The molecule has 0 aromatic heterocycles. The van der Waals surface area contributed by atoms with Gasteiger partial charge < -0.3 is 10.2 Å². The lowest BCUT2D eigenvalue weighted by Crippen LogP contribution is -2.44. The number of nitrogens with zero attached hydrogens (tertiary/aromatic N) is 2. The lowest BCUT2D eigenvalue weighted by atomic mass is 10.0. The number of likely N-dealkylation sites (tertiary alicyclic amines) is 1. The first-order valence-corrected chi connectivity index (χ1v) is 6.41. The summed E-state index contributed by atoms with van der Waals surface area (Å²) in [7, 11) is 2.24. The largest absolute Gasteiger partial charge is 0.313 e. The molecule has 2 aliphatic heterocycles. The Morgan fingerprint density at radius 3 is 2.47 bits per heavy atom. The molecule has 1 atom stereocenters. The van der Waals surface area contributed by atoms with Gasteiger partial charge in [-0.2, -0.15) is 0 Å². The third-order valence-corrected chi connectivity index (χ3v) is 3.95. The van der Waals surface area contributed by atoms with Gasteiger partial charge in [-0.05, 0) is 52.9 Å². The number of hydrogen-bond donors (Lipinski definition) is 1. The molecule has 88 valence electrons. The van der Waals surface area contributed by atoms with E-state index in [1.165, 1.54) is 52.0 Å². The van der Waals surface area contributed by atoms with Crippen LogP contribution in [-0.2, 0) is 0 Å². The highest BCUT2D eigenvalue weighted by molar-refractivity contribution is 4.82. The standard InChI is InChI=1S/C12H25N3/c1-11-3-9-15(10-6-13-11)12-4-7-14(2)8-5-12/h11-13H,3-10H2,1-2H3. The van der Waals surface area contributed by atoms with Gasteiger partial charge in [0, 0.05) is 25.2 Å². The summed E-state index contributed by atoms with van der Waals surface area (Å²) in [5.74, 6) is 0. The van der Waals surface area contributed by atoms with E-state index in [1.807, 2.05) is 0 Å². The second-order valence-electron chi connectivity index (χ2n) is 5.21. The Kier molecular flexibility index (Phi) is 4.00. The minimum Gasteiger partial charge on any atom is -0.313 e. The number of hydrogen-bond acceptors (Lipinski definition) is 3. The molecule has 1 unspecified atom stereocenters. The Balaban J connectivity index is 1.82. The van der Waals surface area contributed by atoms with Gasteiger partial charge >= 0.3 is 0 Å². The molecule has 0 bridgehead atoms. The fourth-order valence-electron chi connectivity index (χ4n) is 2.75. The van der Waals surface area contributed by atoms with Crippen LogP contribution in [0.1, 0.15) is 26.2 Å². The minimum absolute atomic E-state index is 0.710. The van der Waals surface area contributed by atoms with Gasteiger partial charge in [0.25, 0.3) is 0 Å². The molecule has 2 fully saturated rings. The van der Waals surface area contributed by atoms with E-state index in [1.54, 1.807) is 0 Å². The van der Waals surface area contributed by atoms with Crippen LogP contribution >= 0.6 is 0 Å². The first kappa shape index (κ1) is 11.4.